The number of thioether (sulfide) groups is 1. The Kier molecular flexibility index (Phi) is 6.13. The molecule has 0 saturated heterocycles. The lowest BCUT2D eigenvalue weighted by Gasteiger charge is -2.04. The maximum atomic E-state index is 5.61. The van der Waals surface area contributed by atoms with Gasteiger partial charge in [-0.05, 0) is 36.6 Å². The molecule has 0 nitrogen and oxygen atoms in total. The van der Waals surface area contributed by atoms with Gasteiger partial charge in [0.05, 0.1) is 0 Å². The van der Waals surface area contributed by atoms with E-state index in [0.717, 1.165) is 18.1 Å². The summed E-state index contributed by atoms with van der Waals surface area (Å²) < 4.78 is 0. The van der Waals surface area contributed by atoms with Crippen LogP contribution in [0.2, 0.25) is 0 Å². The Morgan fingerprint density at radius 3 is 2.71 bits per heavy atom. The Hall–Kier alpha value is -0.140. The SMILES string of the molecule is Cc1ccccc1CSCCCCCl. The predicted molar refractivity (Wildman–Crippen MR) is 67.3 cm³/mol. The van der Waals surface area contributed by atoms with Crippen molar-refractivity contribution in [2.24, 2.45) is 0 Å². The number of halogens is 1. The average Bonchev–Trinajstić information content (AvgIpc) is 2.20. The predicted octanol–water partition coefficient (Wildman–Crippen LogP) is 4.25. The van der Waals surface area contributed by atoms with E-state index in [2.05, 4.69) is 31.2 Å². The second kappa shape index (κ2) is 7.19. The van der Waals surface area contributed by atoms with Crippen LogP contribution < -0.4 is 0 Å². The van der Waals surface area contributed by atoms with Crippen LogP contribution in [0.4, 0.5) is 0 Å². The smallest absolute Gasteiger partial charge is 0.0223 e. The first-order chi connectivity index (χ1) is 6.84. The third kappa shape index (κ3) is 4.39. The zero-order chi connectivity index (χ0) is 10.2. The molecule has 1 rings (SSSR count). The van der Waals surface area contributed by atoms with E-state index in [9.17, 15) is 0 Å². The van der Waals surface area contributed by atoms with E-state index >= 15 is 0 Å². The second-order valence-corrected chi connectivity index (χ2v) is 4.86. The molecule has 0 radical (unpaired) electrons. The van der Waals surface area contributed by atoms with Gasteiger partial charge in [-0.15, -0.1) is 11.6 Å². The fourth-order valence-electron chi connectivity index (χ4n) is 1.25. The van der Waals surface area contributed by atoms with Crippen LogP contribution in [0.5, 0.6) is 0 Å². The van der Waals surface area contributed by atoms with Crippen LogP contribution in [-0.2, 0) is 5.75 Å². The Morgan fingerprint density at radius 2 is 2.00 bits per heavy atom. The summed E-state index contributed by atoms with van der Waals surface area (Å²) in [7, 11) is 0. The molecular formula is C12H17ClS. The van der Waals surface area contributed by atoms with E-state index in [1.54, 1.807) is 0 Å². The minimum absolute atomic E-state index is 0.797. The van der Waals surface area contributed by atoms with Gasteiger partial charge in [0, 0.05) is 11.6 Å². The molecule has 0 atom stereocenters. The molecule has 0 aliphatic carbocycles. The van der Waals surface area contributed by atoms with Crippen LogP contribution in [-0.4, -0.2) is 11.6 Å². The van der Waals surface area contributed by atoms with Crippen molar-refractivity contribution in [3.05, 3.63) is 35.4 Å². The van der Waals surface area contributed by atoms with Crippen molar-refractivity contribution in [3.8, 4) is 0 Å². The Morgan fingerprint density at radius 1 is 1.21 bits per heavy atom. The monoisotopic (exact) mass is 228 g/mol. The Bertz CT molecular complexity index is 260. The number of benzene rings is 1. The van der Waals surface area contributed by atoms with Crippen LogP contribution >= 0.6 is 23.4 Å². The number of hydrogen-bond donors (Lipinski definition) is 0. The molecule has 0 amide bonds. The Balaban J connectivity index is 2.21. The van der Waals surface area contributed by atoms with Gasteiger partial charge in [-0.25, -0.2) is 0 Å². The van der Waals surface area contributed by atoms with Crippen LogP contribution in [0.15, 0.2) is 24.3 Å². The van der Waals surface area contributed by atoms with Crippen molar-refractivity contribution in [2.45, 2.75) is 25.5 Å². The zero-order valence-electron chi connectivity index (χ0n) is 8.63. The molecule has 0 aliphatic heterocycles. The molecule has 1 aromatic rings. The van der Waals surface area contributed by atoms with Crippen molar-refractivity contribution in [2.75, 3.05) is 11.6 Å². The first-order valence-electron chi connectivity index (χ1n) is 5.03. The highest BCUT2D eigenvalue weighted by Gasteiger charge is 1.96. The lowest BCUT2D eigenvalue weighted by Crippen LogP contribution is -1.87. The number of hydrogen-bond acceptors (Lipinski definition) is 1. The van der Waals surface area contributed by atoms with Gasteiger partial charge in [-0.1, -0.05) is 24.3 Å². The van der Waals surface area contributed by atoms with Crippen LogP contribution in [0.3, 0.4) is 0 Å². The molecule has 14 heavy (non-hydrogen) atoms. The van der Waals surface area contributed by atoms with Gasteiger partial charge in [-0.2, -0.15) is 11.8 Å². The van der Waals surface area contributed by atoms with Crippen LogP contribution in [0, 0.1) is 6.92 Å². The van der Waals surface area contributed by atoms with Crippen LogP contribution in [0.25, 0.3) is 0 Å². The summed E-state index contributed by atoms with van der Waals surface area (Å²) in [5.74, 6) is 3.15. The maximum absolute atomic E-state index is 5.61. The molecule has 78 valence electrons. The number of alkyl halides is 1. The summed E-state index contributed by atoms with van der Waals surface area (Å²) >= 11 is 7.62. The highest BCUT2D eigenvalue weighted by molar-refractivity contribution is 7.98. The van der Waals surface area contributed by atoms with Crippen LogP contribution in [0.1, 0.15) is 24.0 Å². The number of aryl methyl sites for hydroxylation is 1. The molecule has 2 heteroatoms. The van der Waals surface area contributed by atoms with Crippen molar-refractivity contribution < 1.29 is 0 Å². The maximum Gasteiger partial charge on any atom is 0.0223 e. The third-order valence-electron chi connectivity index (χ3n) is 2.19. The van der Waals surface area contributed by atoms with Crippen molar-refractivity contribution >= 4 is 23.4 Å². The lowest BCUT2D eigenvalue weighted by atomic mass is 10.1. The Labute approximate surface area is 96.0 Å². The molecule has 0 N–H and O–H groups in total. The molecule has 0 unspecified atom stereocenters. The van der Waals surface area contributed by atoms with Gasteiger partial charge >= 0.3 is 0 Å². The summed E-state index contributed by atoms with van der Waals surface area (Å²) in [4.78, 5) is 0. The number of unbranched alkanes of at least 4 members (excludes halogenated alkanes) is 1. The van der Waals surface area contributed by atoms with E-state index in [4.69, 9.17) is 11.6 Å². The molecule has 0 spiro atoms. The largest absolute Gasteiger partial charge is 0.157 e. The third-order valence-corrected chi connectivity index (χ3v) is 3.55. The van der Waals surface area contributed by atoms with E-state index in [0.29, 0.717) is 0 Å². The quantitative estimate of drug-likeness (QED) is 0.518. The fraction of sp³-hybridized carbons (Fsp3) is 0.500. The fourth-order valence-corrected chi connectivity index (χ4v) is 2.54. The minimum atomic E-state index is 0.797. The first-order valence-corrected chi connectivity index (χ1v) is 6.71. The highest BCUT2D eigenvalue weighted by Crippen LogP contribution is 2.16. The van der Waals surface area contributed by atoms with E-state index in [1.807, 2.05) is 11.8 Å². The lowest BCUT2D eigenvalue weighted by molar-refractivity contribution is 0.902. The van der Waals surface area contributed by atoms with Gasteiger partial charge in [0.1, 0.15) is 0 Å². The molecule has 0 bridgehead atoms. The summed E-state index contributed by atoms with van der Waals surface area (Å²) in [5.41, 5.74) is 2.86. The van der Waals surface area contributed by atoms with Crippen molar-refractivity contribution in [1.29, 1.82) is 0 Å². The second-order valence-electron chi connectivity index (χ2n) is 3.38. The summed E-state index contributed by atoms with van der Waals surface area (Å²) in [6.45, 7) is 2.18. The number of rotatable bonds is 6. The van der Waals surface area contributed by atoms with Gasteiger partial charge in [0.15, 0.2) is 0 Å². The van der Waals surface area contributed by atoms with Crippen molar-refractivity contribution in [3.63, 3.8) is 0 Å². The van der Waals surface area contributed by atoms with Gasteiger partial charge < -0.3 is 0 Å². The van der Waals surface area contributed by atoms with Gasteiger partial charge in [-0.3, -0.25) is 0 Å². The minimum Gasteiger partial charge on any atom is -0.157 e. The highest BCUT2D eigenvalue weighted by atomic mass is 35.5. The van der Waals surface area contributed by atoms with E-state index < -0.39 is 0 Å². The summed E-state index contributed by atoms with van der Waals surface area (Å²) in [5, 5.41) is 0. The van der Waals surface area contributed by atoms with E-state index in [-0.39, 0.29) is 0 Å². The average molecular weight is 229 g/mol. The molecule has 1 aromatic carbocycles. The zero-order valence-corrected chi connectivity index (χ0v) is 10.2. The van der Waals surface area contributed by atoms with Gasteiger partial charge in [0.2, 0.25) is 0 Å². The topological polar surface area (TPSA) is 0 Å². The molecule has 0 fully saturated rings. The normalized spacial score (nSPS) is 10.4. The summed E-state index contributed by atoms with van der Waals surface area (Å²) in [6.07, 6.45) is 2.38. The van der Waals surface area contributed by atoms with Gasteiger partial charge in [0.25, 0.3) is 0 Å². The molecule has 0 aromatic heterocycles. The van der Waals surface area contributed by atoms with E-state index in [1.165, 1.54) is 23.3 Å². The molecule has 0 aliphatic rings. The molecule has 0 heterocycles. The first kappa shape index (κ1) is 11.9. The summed E-state index contributed by atoms with van der Waals surface area (Å²) in [6, 6.07) is 8.59. The standard InChI is InChI=1S/C12H17ClS/c1-11-6-2-3-7-12(11)10-14-9-5-4-8-13/h2-3,6-7H,4-5,8-10H2,1H3. The molecular weight excluding hydrogens is 212 g/mol. The molecule has 0 saturated carbocycles. The van der Waals surface area contributed by atoms with Crippen molar-refractivity contribution in [1.82, 2.24) is 0 Å².